The SMILES string of the molecule is CNc1ccc2c(c1)NCCCCC[C@H](NC(=O)/C=C/c1cc(Cl)ccc1N(N)/C=N\N)c1cncc-2c1. The summed E-state index contributed by atoms with van der Waals surface area (Å²) in [6.07, 6.45) is 12.0. The lowest BCUT2D eigenvalue weighted by atomic mass is 9.96. The fourth-order valence-electron chi connectivity index (χ4n) is 4.50. The largest absolute Gasteiger partial charge is 0.388 e. The van der Waals surface area contributed by atoms with Crippen LogP contribution in [0.4, 0.5) is 17.1 Å². The highest BCUT2D eigenvalue weighted by atomic mass is 35.5. The van der Waals surface area contributed by atoms with Gasteiger partial charge < -0.3 is 21.8 Å². The first kappa shape index (κ1) is 27.0. The van der Waals surface area contributed by atoms with Crippen LogP contribution >= 0.6 is 11.6 Å². The molecule has 38 heavy (non-hydrogen) atoms. The van der Waals surface area contributed by atoms with E-state index >= 15 is 0 Å². The Morgan fingerprint density at radius 2 is 2.05 bits per heavy atom. The number of amides is 1. The van der Waals surface area contributed by atoms with E-state index < -0.39 is 0 Å². The number of carbonyl (C=O) groups is 1. The first-order chi connectivity index (χ1) is 18.5. The molecular weight excluding hydrogens is 500 g/mol. The summed E-state index contributed by atoms with van der Waals surface area (Å²) in [5.41, 5.74) is 6.39. The van der Waals surface area contributed by atoms with Gasteiger partial charge in [0.25, 0.3) is 0 Å². The van der Waals surface area contributed by atoms with Gasteiger partial charge in [-0.15, -0.1) is 0 Å². The van der Waals surface area contributed by atoms with Crippen LogP contribution in [0.15, 0.2) is 66.0 Å². The number of anilines is 3. The highest BCUT2D eigenvalue weighted by molar-refractivity contribution is 6.30. The van der Waals surface area contributed by atoms with Crippen LogP contribution in [0.3, 0.4) is 0 Å². The van der Waals surface area contributed by atoms with Crippen molar-refractivity contribution >= 4 is 47.0 Å². The Bertz CT molecular complexity index is 1330. The highest BCUT2D eigenvalue weighted by Crippen LogP contribution is 2.33. The van der Waals surface area contributed by atoms with Crippen molar-refractivity contribution in [3.63, 3.8) is 0 Å². The molecule has 0 saturated carbocycles. The van der Waals surface area contributed by atoms with E-state index in [1.165, 1.54) is 17.4 Å². The number of fused-ring (bicyclic) bond motifs is 4. The summed E-state index contributed by atoms with van der Waals surface area (Å²) in [5.74, 6) is 11.0. The lowest BCUT2D eigenvalue weighted by Gasteiger charge is -2.21. The number of nitrogens with one attached hydrogen (secondary N) is 3. The van der Waals surface area contributed by atoms with Gasteiger partial charge in [0.1, 0.15) is 6.34 Å². The van der Waals surface area contributed by atoms with Crippen molar-refractivity contribution < 1.29 is 4.79 Å². The van der Waals surface area contributed by atoms with Crippen molar-refractivity contribution in [2.45, 2.75) is 31.7 Å². The zero-order valence-corrected chi connectivity index (χ0v) is 22.1. The molecule has 1 amide bonds. The number of hydrazine groups is 1. The Balaban J connectivity index is 1.59. The Labute approximate surface area is 227 Å². The predicted molar refractivity (Wildman–Crippen MR) is 157 cm³/mol. The molecule has 1 atom stereocenters. The molecule has 0 fully saturated rings. The van der Waals surface area contributed by atoms with Gasteiger partial charge in [-0.05, 0) is 60.9 Å². The van der Waals surface area contributed by atoms with E-state index in [2.05, 4.69) is 50.3 Å². The molecule has 0 spiro atoms. The molecule has 1 aliphatic rings. The summed E-state index contributed by atoms with van der Waals surface area (Å²) in [5, 5.41) is 15.2. The minimum atomic E-state index is -0.227. The first-order valence-corrected chi connectivity index (χ1v) is 12.9. The van der Waals surface area contributed by atoms with Crippen molar-refractivity contribution in [1.29, 1.82) is 0 Å². The van der Waals surface area contributed by atoms with Crippen LogP contribution in [0.5, 0.6) is 0 Å². The third kappa shape index (κ3) is 6.81. The number of aromatic nitrogens is 1. The van der Waals surface area contributed by atoms with E-state index in [9.17, 15) is 4.79 Å². The van der Waals surface area contributed by atoms with Gasteiger partial charge in [0.15, 0.2) is 0 Å². The van der Waals surface area contributed by atoms with Gasteiger partial charge in [-0.25, -0.2) is 5.84 Å². The summed E-state index contributed by atoms with van der Waals surface area (Å²) in [4.78, 5) is 17.6. The first-order valence-electron chi connectivity index (χ1n) is 12.5. The number of hydrazone groups is 1. The molecule has 4 rings (SSSR count). The van der Waals surface area contributed by atoms with Crippen LogP contribution in [0, 0.1) is 0 Å². The molecule has 10 heteroatoms. The molecule has 1 aliphatic heterocycles. The maximum absolute atomic E-state index is 13.1. The second-order valence-corrected chi connectivity index (χ2v) is 9.50. The molecule has 0 unspecified atom stereocenters. The fraction of sp³-hybridized carbons (Fsp3) is 0.250. The summed E-state index contributed by atoms with van der Waals surface area (Å²) in [7, 11) is 1.91. The number of nitrogens with zero attached hydrogens (tertiary/aromatic N) is 3. The molecule has 7 N–H and O–H groups in total. The van der Waals surface area contributed by atoms with Crippen LogP contribution in [0.1, 0.15) is 42.9 Å². The minimum absolute atomic E-state index is 0.179. The molecule has 9 nitrogen and oxygen atoms in total. The van der Waals surface area contributed by atoms with Gasteiger partial charge in [-0.3, -0.25) is 14.8 Å². The Kier molecular flexibility index (Phi) is 9.18. The Hall–Kier alpha value is -4.08. The zero-order chi connectivity index (χ0) is 26.9. The van der Waals surface area contributed by atoms with E-state index in [1.54, 1.807) is 24.3 Å². The summed E-state index contributed by atoms with van der Waals surface area (Å²) in [6, 6.07) is 13.3. The molecule has 2 aromatic carbocycles. The van der Waals surface area contributed by atoms with Gasteiger partial charge >= 0.3 is 0 Å². The van der Waals surface area contributed by atoms with E-state index in [0.29, 0.717) is 16.3 Å². The number of rotatable bonds is 6. The lowest BCUT2D eigenvalue weighted by molar-refractivity contribution is -0.117. The minimum Gasteiger partial charge on any atom is -0.388 e. The highest BCUT2D eigenvalue weighted by Gasteiger charge is 2.17. The van der Waals surface area contributed by atoms with E-state index in [0.717, 1.165) is 60.3 Å². The summed E-state index contributed by atoms with van der Waals surface area (Å²) < 4.78 is 0. The van der Waals surface area contributed by atoms with Gasteiger partial charge in [0, 0.05) is 65.1 Å². The number of hydrogen-bond acceptors (Lipinski definition) is 7. The second kappa shape index (κ2) is 12.9. The zero-order valence-electron chi connectivity index (χ0n) is 21.3. The van der Waals surface area contributed by atoms with Crippen molar-refractivity contribution in [2.75, 3.05) is 29.2 Å². The molecule has 0 radical (unpaired) electrons. The molecule has 0 saturated heterocycles. The third-order valence-electron chi connectivity index (χ3n) is 6.46. The van der Waals surface area contributed by atoms with Crippen LogP contribution in [-0.4, -0.2) is 30.8 Å². The number of halogens is 1. The average Bonchev–Trinajstić information content (AvgIpc) is 2.92. The van der Waals surface area contributed by atoms with Crippen LogP contribution in [-0.2, 0) is 4.79 Å². The molecule has 1 aromatic heterocycles. The smallest absolute Gasteiger partial charge is 0.244 e. The van der Waals surface area contributed by atoms with Crippen LogP contribution in [0.25, 0.3) is 17.2 Å². The second-order valence-electron chi connectivity index (χ2n) is 9.06. The number of carbonyl (C=O) groups excluding carboxylic acids is 1. The molecule has 3 aromatic rings. The number of hydrogen-bond donors (Lipinski definition) is 5. The lowest BCUT2D eigenvalue weighted by Crippen LogP contribution is -2.30. The molecule has 2 bridgehead atoms. The topological polar surface area (TPSA) is 134 Å². The maximum Gasteiger partial charge on any atom is 0.244 e. The average molecular weight is 533 g/mol. The van der Waals surface area contributed by atoms with E-state index in [1.807, 2.05) is 19.4 Å². The summed E-state index contributed by atoms with van der Waals surface area (Å²) >= 11 is 6.18. The molecular formula is C28H33ClN8O. The number of benzene rings is 2. The van der Waals surface area contributed by atoms with Crippen LogP contribution < -0.4 is 32.6 Å². The van der Waals surface area contributed by atoms with E-state index in [-0.39, 0.29) is 11.9 Å². The quantitative estimate of drug-likeness (QED) is 0.100. The standard InChI is InChI=1S/C28H33ClN8O/c1-32-23-8-9-24-20-13-21(17-33-16-20)25(5-3-2-4-12-34-26(24)15-23)36-28(38)11-6-19-14-22(29)7-10-27(19)37(31)18-35-30/h6-11,13-18,25,32,34H,2-5,12,30-31H2,1H3,(H,36,38)/b11-6+,35-18-/t25-/m0/s1. The van der Waals surface area contributed by atoms with Gasteiger partial charge in [0.05, 0.1) is 11.7 Å². The van der Waals surface area contributed by atoms with Crippen LogP contribution in [0.2, 0.25) is 5.02 Å². The van der Waals surface area contributed by atoms with Crippen molar-refractivity contribution in [3.8, 4) is 11.1 Å². The van der Waals surface area contributed by atoms with Crippen molar-refractivity contribution in [3.05, 3.63) is 77.1 Å². The predicted octanol–water partition coefficient (Wildman–Crippen LogP) is 4.88. The number of pyridine rings is 1. The van der Waals surface area contributed by atoms with Gasteiger partial charge in [0.2, 0.25) is 5.91 Å². The van der Waals surface area contributed by atoms with E-state index in [4.69, 9.17) is 23.3 Å². The van der Waals surface area contributed by atoms with Gasteiger partial charge in [-0.2, -0.15) is 5.10 Å². The number of nitrogens with two attached hydrogens (primary N) is 2. The van der Waals surface area contributed by atoms with Crippen molar-refractivity contribution in [1.82, 2.24) is 10.3 Å². The molecule has 0 aliphatic carbocycles. The Morgan fingerprint density at radius 1 is 1.18 bits per heavy atom. The maximum atomic E-state index is 13.1. The fourth-order valence-corrected chi connectivity index (χ4v) is 4.68. The monoisotopic (exact) mass is 532 g/mol. The van der Waals surface area contributed by atoms with Crippen molar-refractivity contribution in [2.24, 2.45) is 16.8 Å². The third-order valence-corrected chi connectivity index (χ3v) is 6.69. The normalized spacial score (nSPS) is 15.7. The van der Waals surface area contributed by atoms with Gasteiger partial charge in [-0.1, -0.05) is 30.5 Å². The molecule has 2 heterocycles. The molecule has 198 valence electrons. The summed E-state index contributed by atoms with van der Waals surface area (Å²) in [6.45, 7) is 0.877. The Morgan fingerprint density at radius 3 is 2.87 bits per heavy atom.